The molecule has 0 saturated carbocycles. The normalized spacial score (nSPS) is 13.0. The summed E-state index contributed by atoms with van der Waals surface area (Å²) in [5.74, 6) is -1.02. The maximum atomic E-state index is 13.2. The number of nitrogens with two attached hydrogens (primary N) is 1. The molecule has 0 atom stereocenters. The van der Waals surface area contributed by atoms with Crippen molar-refractivity contribution in [3.63, 3.8) is 0 Å². The SMILES string of the molecule is COc1ccc(C(N)=NC(=Nc2ccc(C)cc2)C(F)(F)F)cc1. The van der Waals surface area contributed by atoms with Crippen molar-refractivity contribution in [1.82, 2.24) is 0 Å². The fraction of sp³-hybridized carbons (Fsp3) is 0.176. The molecule has 0 spiro atoms. The number of hydrogen-bond acceptors (Lipinski definition) is 2. The van der Waals surface area contributed by atoms with Crippen LogP contribution in [0.3, 0.4) is 0 Å². The van der Waals surface area contributed by atoms with Crippen molar-refractivity contribution in [2.45, 2.75) is 13.1 Å². The van der Waals surface area contributed by atoms with Crippen LogP contribution in [-0.4, -0.2) is 25.0 Å². The Morgan fingerprint density at radius 1 is 1.00 bits per heavy atom. The van der Waals surface area contributed by atoms with E-state index in [0.717, 1.165) is 5.56 Å². The van der Waals surface area contributed by atoms with E-state index >= 15 is 0 Å². The number of alkyl halides is 3. The maximum absolute atomic E-state index is 13.2. The largest absolute Gasteiger partial charge is 0.497 e. The molecule has 0 fully saturated rings. The monoisotopic (exact) mass is 335 g/mol. The molecule has 0 aliphatic rings. The zero-order valence-electron chi connectivity index (χ0n) is 13.1. The molecule has 2 aromatic carbocycles. The first kappa shape index (κ1) is 17.5. The molecule has 0 radical (unpaired) electrons. The molecular formula is C17H16F3N3O. The second-order valence-corrected chi connectivity index (χ2v) is 4.99. The summed E-state index contributed by atoms with van der Waals surface area (Å²) >= 11 is 0. The fourth-order valence-electron chi connectivity index (χ4n) is 1.83. The van der Waals surface area contributed by atoms with Gasteiger partial charge in [0.05, 0.1) is 12.8 Å². The number of halogens is 3. The number of rotatable bonds is 3. The molecule has 7 heteroatoms. The van der Waals surface area contributed by atoms with Crippen molar-refractivity contribution in [2.24, 2.45) is 15.7 Å². The second-order valence-electron chi connectivity index (χ2n) is 4.99. The van der Waals surface area contributed by atoms with Gasteiger partial charge in [-0.25, -0.2) is 9.98 Å². The van der Waals surface area contributed by atoms with Gasteiger partial charge in [0.25, 0.3) is 0 Å². The first-order chi connectivity index (χ1) is 11.3. The van der Waals surface area contributed by atoms with Gasteiger partial charge >= 0.3 is 6.18 Å². The molecule has 0 heterocycles. The van der Waals surface area contributed by atoms with E-state index in [4.69, 9.17) is 10.5 Å². The van der Waals surface area contributed by atoms with Gasteiger partial charge in [0.2, 0.25) is 5.84 Å². The summed E-state index contributed by atoms with van der Waals surface area (Å²) in [6, 6.07) is 12.5. The Hall–Kier alpha value is -2.83. The summed E-state index contributed by atoms with van der Waals surface area (Å²) in [4.78, 5) is 7.04. The van der Waals surface area contributed by atoms with E-state index in [1.807, 2.05) is 6.92 Å². The van der Waals surface area contributed by atoms with Gasteiger partial charge in [-0.3, -0.25) is 0 Å². The lowest BCUT2D eigenvalue weighted by Gasteiger charge is -2.08. The smallest absolute Gasteiger partial charge is 0.451 e. The van der Waals surface area contributed by atoms with Crippen LogP contribution in [0, 0.1) is 6.92 Å². The predicted molar refractivity (Wildman–Crippen MR) is 88.0 cm³/mol. The van der Waals surface area contributed by atoms with E-state index in [0.29, 0.717) is 11.3 Å². The Bertz CT molecular complexity index is 748. The van der Waals surface area contributed by atoms with Crippen LogP contribution in [0.2, 0.25) is 0 Å². The number of amidine groups is 2. The third-order valence-corrected chi connectivity index (χ3v) is 3.13. The molecule has 0 saturated heterocycles. The molecule has 4 nitrogen and oxygen atoms in total. The Morgan fingerprint density at radius 3 is 2.08 bits per heavy atom. The number of aryl methyl sites for hydroxylation is 1. The lowest BCUT2D eigenvalue weighted by molar-refractivity contribution is -0.0596. The van der Waals surface area contributed by atoms with Crippen molar-refractivity contribution in [1.29, 1.82) is 0 Å². The van der Waals surface area contributed by atoms with E-state index < -0.39 is 12.0 Å². The highest BCUT2D eigenvalue weighted by atomic mass is 19.4. The van der Waals surface area contributed by atoms with Gasteiger partial charge in [0, 0.05) is 5.56 Å². The van der Waals surface area contributed by atoms with Crippen LogP contribution in [0.15, 0.2) is 58.5 Å². The summed E-state index contributed by atoms with van der Waals surface area (Å²) in [6.45, 7) is 1.83. The summed E-state index contributed by atoms with van der Waals surface area (Å²) in [6.07, 6.45) is -4.72. The average molecular weight is 335 g/mol. The Balaban J connectivity index is 2.38. The molecule has 126 valence electrons. The molecule has 0 aromatic heterocycles. The molecule has 0 bridgehead atoms. The van der Waals surface area contributed by atoms with E-state index in [9.17, 15) is 13.2 Å². The number of nitrogens with zero attached hydrogens (tertiary/aromatic N) is 2. The van der Waals surface area contributed by atoms with Crippen LogP contribution < -0.4 is 10.5 Å². The van der Waals surface area contributed by atoms with Crippen LogP contribution in [0.4, 0.5) is 18.9 Å². The van der Waals surface area contributed by atoms with E-state index in [2.05, 4.69) is 9.98 Å². The quantitative estimate of drug-likeness (QED) is 0.681. The summed E-state index contributed by atoms with van der Waals surface area (Å²) in [5, 5.41) is 0. The van der Waals surface area contributed by atoms with E-state index in [1.54, 1.807) is 24.3 Å². The lowest BCUT2D eigenvalue weighted by Crippen LogP contribution is -2.25. The van der Waals surface area contributed by atoms with Crippen molar-refractivity contribution in [3.8, 4) is 5.75 Å². The minimum Gasteiger partial charge on any atom is -0.497 e. The van der Waals surface area contributed by atoms with Crippen LogP contribution in [0.25, 0.3) is 0 Å². The Labute approximate surface area is 137 Å². The Kier molecular flexibility index (Phi) is 5.23. The third-order valence-electron chi connectivity index (χ3n) is 3.13. The van der Waals surface area contributed by atoms with Crippen LogP contribution in [0.5, 0.6) is 5.75 Å². The standard InChI is InChI=1S/C17H16F3N3O/c1-11-3-7-13(8-4-11)22-16(17(18,19)20)23-15(21)12-5-9-14(24-2)10-6-12/h3-10H,1-2H3,(H2,21,22,23). The van der Waals surface area contributed by atoms with Crippen molar-refractivity contribution in [2.75, 3.05) is 7.11 Å². The van der Waals surface area contributed by atoms with Gasteiger partial charge in [-0.1, -0.05) is 17.7 Å². The fourth-order valence-corrected chi connectivity index (χ4v) is 1.83. The van der Waals surface area contributed by atoms with Crippen molar-refractivity contribution in [3.05, 3.63) is 59.7 Å². The van der Waals surface area contributed by atoms with Crippen LogP contribution in [-0.2, 0) is 0 Å². The molecule has 0 amide bonds. The van der Waals surface area contributed by atoms with Gasteiger partial charge in [-0.15, -0.1) is 0 Å². The molecule has 0 aliphatic carbocycles. The number of ether oxygens (including phenoxy) is 1. The van der Waals surface area contributed by atoms with Gasteiger partial charge < -0.3 is 10.5 Å². The van der Waals surface area contributed by atoms with Crippen LogP contribution in [0.1, 0.15) is 11.1 Å². The number of aliphatic imine (C=N–C) groups is 2. The second kappa shape index (κ2) is 7.16. The molecule has 2 rings (SSSR count). The molecule has 0 aliphatic heterocycles. The maximum Gasteiger partial charge on any atom is 0.451 e. The highest BCUT2D eigenvalue weighted by molar-refractivity contribution is 6.07. The minimum atomic E-state index is -4.72. The predicted octanol–water partition coefficient (Wildman–Crippen LogP) is 4.00. The van der Waals surface area contributed by atoms with Gasteiger partial charge in [-0.2, -0.15) is 13.2 Å². The number of methoxy groups -OCH3 is 1. The zero-order valence-corrected chi connectivity index (χ0v) is 13.1. The first-order valence-electron chi connectivity index (χ1n) is 7.01. The number of benzene rings is 2. The number of hydrogen-bond donors (Lipinski definition) is 1. The van der Waals surface area contributed by atoms with E-state index in [1.165, 1.54) is 31.4 Å². The van der Waals surface area contributed by atoms with Crippen molar-refractivity contribution >= 4 is 17.4 Å². The topological polar surface area (TPSA) is 60.0 Å². The zero-order chi connectivity index (χ0) is 17.7. The summed E-state index contributed by atoms with van der Waals surface area (Å²) in [7, 11) is 1.49. The van der Waals surface area contributed by atoms with Gasteiger partial charge in [0.15, 0.2) is 0 Å². The highest BCUT2D eigenvalue weighted by Gasteiger charge is 2.36. The molecule has 24 heavy (non-hydrogen) atoms. The molecule has 0 unspecified atom stereocenters. The van der Waals surface area contributed by atoms with E-state index in [-0.39, 0.29) is 11.5 Å². The summed E-state index contributed by atoms with van der Waals surface area (Å²) < 4.78 is 44.5. The summed E-state index contributed by atoms with van der Waals surface area (Å²) in [5.41, 5.74) is 7.11. The van der Waals surface area contributed by atoms with Crippen LogP contribution >= 0.6 is 0 Å². The Morgan fingerprint density at radius 2 is 1.58 bits per heavy atom. The minimum absolute atomic E-state index is 0.152. The molecule has 2 N–H and O–H groups in total. The molecule has 2 aromatic rings. The molecular weight excluding hydrogens is 319 g/mol. The van der Waals surface area contributed by atoms with Gasteiger partial charge in [0.1, 0.15) is 11.6 Å². The van der Waals surface area contributed by atoms with Gasteiger partial charge in [-0.05, 0) is 43.3 Å². The third kappa shape index (κ3) is 4.58. The highest BCUT2D eigenvalue weighted by Crippen LogP contribution is 2.23. The first-order valence-corrected chi connectivity index (χ1v) is 7.01. The lowest BCUT2D eigenvalue weighted by atomic mass is 10.2. The van der Waals surface area contributed by atoms with Crippen molar-refractivity contribution < 1.29 is 17.9 Å². The average Bonchev–Trinajstić information content (AvgIpc) is 2.55.